The fraction of sp³-hybridized carbons (Fsp3) is 0.467. The van der Waals surface area contributed by atoms with Gasteiger partial charge in [0.05, 0.1) is 11.5 Å². The largest absolute Gasteiger partial charge is 0.395 e. The highest BCUT2D eigenvalue weighted by Gasteiger charge is 2.25. The second-order valence-corrected chi connectivity index (χ2v) is 6.71. The molecule has 1 fully saturated rings. The van der Waals surface area contributed by atoms with E-state index in [-0.39, 0.29) is 6.61 Å². The molecule has 0 radical (unpaired) electrons. The molecule has 1 aromatic rings. The van der Waals surface area contributed by atoms with Gasteiger partial charge in [-0.1, -0.05) is 24.3 Å². The standard InChI is InChI=1S/C15H19NO3S/c17-12-5-2-7-14-8-6-9-15(13-14)20(18,19)16-10-3-1-4-11-16/h6,8-9,13,17H,1,3-5,10-12H2. The summed E-state index contributed by atoms with van der Waals surface area (Å²) in [7, 11) is -3.40. The topological polar surface area (TPSA) is 57.6 Å². The summed E-state index contributed by atoms with van der Waals surface area (Å²) in [5, 5.41) is 8.69. The molecule has 20 heavy (non-hydrogen) atoms. The van der Waals surface area contributed by atoms with Crippen molar-refractivity contribution < 1.29 is 13.5 Å². The van der Waals surface area contributed by atoms with Crippen LogP contribution in [-0.4, -0.2) is 37.5 Å². The fourth-order valence-electron chi connectivity index (χ4n) is 2.21. The number of rotatable bonds is 3. The first-order valence-corrected chi connectivity index (χ1v) is 8.28. The zero-order valence-electron chi connectivity index (χ0n) is 11.4. The Balaban J connectivity index is 2.23. The first-order chi connectivity index (χ1) is 9.64. The average molecular weight is 293 g/mol. The molecule has 0 spiro atoms. The van der Waals surface area contributed by atoms with Gasteiger partial charge in [-0.05, 0) is 31.0 Å². The predicted octanol–water partition coefficient (Wildman–Crippen LogP) is 1.60. The minimum atomic E-state index is -3.40. The molecule has 0 aliphatic carbocycles. The maximum absolute atomic E-state index is 12.5. The van der Waals surface area contributed by atoms with Crippen molar-refractivity contribution in [2.75, 3.05) is 19.7 Å². The second-order valence-electron chi connectivity index (χ2n) is 4.77. The molecule has 1 saturated heterocycles. The van der Waals surface area contributed by atoms with E-state index in [0.29, 0.717) is 30.0 Å². The van der Waals surface area contributed by atoms with E-state index in [2.05, 4.69) is 11.8 Å². The molecule has 1 N–H and O–H groups in total. The third kappa shape index (κ3) is 3.60. The first kappa shape index (κ1) is 15.0. The van der Waals surface area contributed by atoms with Crippen molar-refractivity contribution in [3.8, 4) is 11.8 Å². The van der Waals surface area contributed by atoms with Gasteiger partial charge in [-0.25, -0.2) is 8.42 Å². The zero-order chi connectivity index (χ0) is 14.4. The van der Waals surface area contributed by atoms with Crippen LogP contribution in [0.25, 0.3) is 0 Å². The van der Waals surface area contributed by atoms with Gasteiger partial charge in [0.15, 0.2) is 0 Å². The van der Waals surface area contributed by atoms with E-state index in [1.54, 1.807) is 28.6 Å². The van der Waals surface area contributed by atoms with Crippen molar-refractivity contribution >= 4 is 10.0 Å². The van der Waals surface area contributed by atoms with Crippen molar-refractivity contribution in [3.05, 3.63) is 29.8 Å². The normalized spacial score (nSPS) is 16.4. The number of aliphatic hydroxyl groups excluding tert-OH is 1. The summed E-state index contributed by atoms with van der Waals surface area (Å²) in [5.74, 6) is 5.67. The van der Waals surface area contributed by atoms with Gasteiger partial charge in [0.25, 0.3) is 0 Å². The molecule has 1 aromatic carbocycles. The van der Waals surface area contributed by atoms with Crippen LogP contribution in [-0.2, 0) is 10.0 Å². The van der Waals surface area contributed by atoms with Gasteiger partial charge >= 0.3 is 0 Å². The maximum atomic E-state index is 12.5. The Morgan fingerprint density at radius 1 is 1.20 bits per heavy atom. The Morgan fingerprint density at radius 3 is 2.65 bits per heavy atom. The van der Waals surface area contributed by atoms with Gasteiger partial charge in [0.1, 0.15) is 0 Å². The number of piperidine rings is 1. The van der Waals surface area contributed by atoms with Gasteiger partial charge in [-0.2, -0.15) is 4.31 Å². The summed E-state index contributed by atoms with van der Waals surface area (Å²) in [5.41, 5.74) is 0.663. The van der Waals surface area contributed by atoms with Gasteiger partial charge in [0.2, 0.25) is 10.0 Å². The third-order valence-corrected chi connectivity index (χ3v) is 5.15. The molecule has 0 unspecified atom stereocenters. The van der Waals surface area contributed by atoms with Crippen LogP contribution in [0, 0.1) is 11.8 Å². The summed E-state index contributed by atoms with van der Waals surface area (Å²) in [6.07, 6.45) is 3.34. The molecule has 108 valence electrons. The van der Waals surface area contributed by atoms with Crippen molar-refractivity contribution in [1.29, 1.82) is 0 Å². The summed E-state index contributed by atoms with van der Waals surface area (Å²) in [4.78, 5) is 0.301. The number of hydrogen-bond donors (Lipinski definition) is 1. The SMILES string of the molecule is O=S(=O)(c1cccc(C#CCCO)c1)N1CCCCC1. The van der Waals surface area contributed by atoms with Gasteiger partial charge < -0.3 is 5.11 Å². The first-order valence-electron chi connectivity index (χ1n) is 6.84. The Hall–Kier alpha value is -1.35. The lowest BCUT2D eigenvalue weighted by atomic mass is 10.2. The number of sulfonamides is 1. The Bertz CT molecular complexity index is 607. The van der Waals surface area contributed by atoms with E-state index < -0.39 is 10.0 Å². The molecule has 5 heteroatoms. The summed E-state index contributed by atoms with van der Waals surface area (Å²) >= 11 is 0. The number of hydrogen-bond acceptors (Lipinski definition) is 3. The quantitative estimate of drug-likeness (QED) is 0.861. The third-order valence-electron chi connectivity index (χ3n) is 3.26. The van der Waals surface area contributed by atoms with Crippen molar-refractivity contribution in [3.63, 3.8) is 0 Å². The van der Waals surface area contributed by atoms with Crippen LogP contribution in [0.5, 0.6) is 0 Å². The van der Waals surface area contributed by atoms with Crippen LogP contribution >= 0.6 is 0 Å². The molecule has 0 bridgehead atoms. The Kier molecular flexibility index (Phi) is 5.18. The van der Waals surface area contributed by atoms with E-state index in [4.69, 9.17) is 5.11 Å². The molecular weight excluding hydrogens is 274 g/mol. The van der Waals surface area contributed by atoms with E-state index in [1.165, 1.54) is 0 Å². The Labute approximate surface area is 120 Å². The molecule has 1 heterocycles. The molecule has 4 nitrogen and oxygen atoms in total. The molecule has 0 atom stereocenters. The molecule has 1 aliphatic rings. The van der Waals surface area contributed by atoms with Crippen LogP contribution in [0.15, 0.2) is 29.2 Å². The average Bonchev–Trinajstić information content (AvgIpc) is 2.49. The van der Waals surface area contributed by atoms with Gasteiger partial charge in [-0.15, -0.1) is 0 Å². The minimum absolute atomic E-state index is 0.0127. The lowest BCUT2D eigenvalue weighted by Gasteiger charge is -2.25. The molecule has 0 amide bonds. The lowest BCUT2D eigenvalue weighted by molar-refractivity contribution is 0.305. The van der Waals surface area contributed by atoms with E-state index in [0.717, 1.165) is 19.3 Å². The van der Waals surface area contributed by atoms with Crippen molar-refractivity contribution in [1.82, 2.24) is 4.31 Å². The smallest absolute Gasteiger partial charge is 0.243 e. The monoisotopic (exact) mass is 293 g/mol. The Morgan fingerprint density at radius 2 is 1.95 bits per heavy atom. The molecule has 1 aliphatic heterocycles. The number of nitrogens with zero attached hydrogens (tertiary/aromatic N) is 1. The van der Waals surface area contributed by atoms with Crippen molar-refractivity contribution in [2.45, 2.75) is 30.6 Å². The molecular formula is C15H19NO3S. The number of aliphatic hydroxyl groups is 1. The second kappa shape index (κ2) is 6.89. The highest BCUT2D eigenvalue weighted by molar-refractivity contribution is 7.89. The van der Waals surface area contributed by atoms with Gasteiger partial charge in [0, 0.05) is 25.1 Å². The van der Waals surface area contributed by atoms with Crippen molar-refractivity contribution in [2.24, 2.45) is 0 Å². The summed E-state index contributed by atoms with van der Waals surface area (Å²) in [6.45, 7) is 1.21. The lowest BCUT2D eigenvalue weighted by Crippen LogP contribution is -2.35. The van der Waals surface area contributed by atoms with Crippen LogP contribution in [0.3, 0.4) is 0 Å². The number of benzene rings is 1. The highest BCUT2D eigenvalue weighted by atomic mass is 32.2. The van der Waals surface area contributed by atoms with Crippen LogP contribution in [0.2, 0.25) is 0 Å². The molecule has 0 aromatic heterocycles. The van der Waals surface area contributed by atoms with Crippen LogP contribution in [0.1, 0.15) is 31.2 Å². The maximum Gasteiger partial charge on any atom is 0.243 e. The molecule has 0 saturated carbocycles. The van der Waals surface area contributed by atoms with E-state index in [1.807, 2.05) is 0 Å². The van der Waals surface area contributed by atoms with Crippen LogP contribution in [0.4, 0.5) is 0 Å². The minimum Gasteiger partial charge on any atom is -0.395 e. The summed E-state index contributed by atoms with van der Waals surface area (Å²) in [6, 6.07) is 6.70. The van der Waals surface area contributed by atoms with E-state index >= 15 is 0 Å². The summed E-state index contributed by atoms with van der Waals surface area (Å²) < 4.78 is 26.6. The zero-order valence-corrected chi connectivity index (χ0v) is 12.2. The van der Waals surface area contributed by atoms with E-state index in [9.17, 15) is 8.42 Å². The predicted molar refractivity (Wildman–Crippen MR) is 77.6 cm³/mol. The van der Waals surface area contributed by atoms with Crippen LogP contribution < -0.4 is 0 Å². The molecule has 2 rings (SSSR count). The fourth-order valence-corrected chi connectivity index (χ4v) is 3.77. The van der Waals surface area contributed by atoms with Gasteiger partial charge in [-0.3, -0.25) is 0 Å². The highest BCUT2D eigenvalue weighted by Crippen LogP contribution is 2.21.